The molecule has 5 nitrogen and oxygen atoms in total. The van der Waals surface area contributed by atoms with E-state index >= 15 is 0 Å². The van der Waals surface area contributed by atoms with Gasteiger partial charge in [0.25, 0.3) is 0 Å². The largest absolute Gasteiger partial charge is 0.489 e. The maximum atomic E-state index is 12.1. The molecule has 0 saturated carbocycles. The fourth-order valence-corrected chi connectivity index (χ4v) is 2.70. The van der Waals surface area contributed by atoms with Gasteiger partial charge in [-0.2, -0.15) is 0 Å². The van der Waals surface area contributed by atoms with Crippen LogP contribution in [0.1, 0.15) is 19.3 Å². The number of hydrogen-bond donors (Lipinski definition) is 0. The number of hydrogen-bond acceptors (Lipinski definition) is 5. The van der Waals surface area contributed by atoms with E-state index in [2.05, 4.69) is 0 Å². The average molecular weight is 298 g/mol. The van der Waals surface area contributed by atoms with Crippen LogP contribution < -0.4 is 4.74 Å². The topological polar surface area (TPSA) is 48.0 Å². The second-order valence-electron chi connectivity index (χ2n) is 5.53. The molecule has 2 aliphatic heterocycles. The van der Waals surface area contributed by atoms with Gasteiger partial charge in [-0.3, -0.25) is 4.79 Å². The normalized spacial score (nSPS) is 22.8. The summed E-state index contributed by atoms with van der Waals surface area (Å²) in [4.78, 5) is 17.5. The summed E-state index contributed by atoms with van der Waals surface area (Å²) in [5, 5.41) is 1.73. The van der Waals surface area contributed by atoms with Crippen LogP contribution in [0.15, 0.2) is 30.3 Å². The zero-order chi connectivity index (χ0) is 14.5. The molecule has 0 aliphatic carbocycles. The van der Waals surface area contributed by atoms with Gasteiger partial charge in [-0.15, -0.1) is 5.06 Å². The van der Waals surface area contributed by atoms with Crippen LogP contribution in [0.2, 0.25) is 0 Å². The molecule has 1 atom stereocenters. The van der Waals surface area contributed by atoms with Crippen LogP contribution in [-0.2, 0) is 14.4 Å². The van der Waals surface area contributed by atoms with Crippen molar-refractivity contribution in [2.75, 3.05) is 26.3 Å². The van der Waals surface area contributed by atoms with Gasteiger partial charge in [0.2, 0.25) is 0 Å². The van der Waals surface area contributed by atoms with Crippen LogP contribution in [0.4, 0.5) is 0 Å². The first-order valence-electron chi connectivity index (χ1n) is 7.57. The maximum Gasteiger partial charge on any atom is 0.328 e. The van der Waals surface area contributed by atoms with Crippen molar-refractivity contribution in [3.63, 3.8) is 0 Å². The van der Waals surface area contributed by atoms with Gasteiger partial charge in [-0.05, 0) is 25.0 Å². The molecule has 3 rings (SSSR count). The van der Waals surface area contributed by atoms with E-state index in [9.17, 15) is 4.79 Å². The van der Waals surface area contributed by atoms with E-state index in [4.69, 9.17) is 14.3 Å². The predicted octanol–water partition coefficient (Wildman–Crippen LogP) is 1.64. The van der Waals surface area contributed by atoms with Crippen molar-refractivity contribution in [3.05, 3.63) is 30.3 Å². The Morgan fingerprint density at radius 3 is 2.59 bits per heavy atom. The fraction of sp³-hybridized carbons (Fsp3) is 0.562. The number of carbonyl (C=O) groups is 1. The number of carbonyl (C=O) groups excluding carboxylic acids is 1. The molecule has 115 valence electrons. The molecule has 1 aromatic carbocycles. The summed E-state index contributed by atoms with van der Waals surface area (Å²) in [5.41, 5.74) is 0. The minimum absolute atomic E-state index is 0. The number of para-hydroxylation sites is 1. The molecule has 22 heavy (non-hydrogen) atoms. The molecule has 2 heterocycles. The van der Waals surface area contributed by atoms with E-state index in [0.717, 1.165) is 31.6 Å². The van der Waals surface area contributed by atoms with Gasteiger partial charge in [0.05, 0.1) is 12.5 Å². The Balaban J connectivity index is 0.00000176. The Morgan fingerprint density at radius 2 is 1.86 bits per heavy atom. The molecular weight excluding hydrogens is 277 g/mol. The van der Waals surface area contributed by atoms with E-state index in [0.29, 0.717) is 19.8 Å². The zero-order valence-corrected chi connectivity index (χ0v) is 13.1. The minimum atomic E-state index is -0.126. The van der Waals surface area contributed by atoms with Crippen LogP contribution in [0, 0.1) is 5.92 Å². The monoisotopic (exact) mass is 298 g/mol. The molecule has 0 spiro atoms. The van der Waals surface area contributed by atoms with Crippen molar-refractivity contribution in [1.29, 1.82) is 0 Å². The van der Waals surface area contributed by atoms with Gasteiger partial charge in [-0.25, -0.2) is 0 Å². The second kappa shape index (κ2) is 8.59. The van der Waals surface area contributed by atoms with Crippen molar-refractivity contribution in [2.24, 2.45) is 5.92 Å². The SMILES string of the molecule is O=C(ON1CC[C@@H](Oc2ccccc2)C1)C1CCOCC1.[Li]. The van der Waals surface area contributed by atoms with Crippen LogP contribution in [-0.4, -0.2) is 62.3 Å². The molecular formula is C16H21LiNO4. The number of hydroxylamine groups is 2. The first kappa shape index (κ1) is 17.4. The quantitative estimate of drug-likeness (QED) is 0.791. The van der Waals surface area contributed by atoms with Crippen LogP contribution in [0.25, 0.3) is 0 Å². The van der Waals surface area contributed by atoms with Crippen molar-refractivity contribution in [1.82, 2.24) is 5.06 Å². The maximum absolute atomic E-state index is 12.1. The van der Waals surface area contributed by atoms with Crippen molar-refractivity contribution < 1.29 is 19.1 Å². The van der Waals surface area contributed by atoms with E-state index in [1.54, 1.807) is 5.06 Å². The van der Waals surface area contributed by atoms with E-state index in [-0.39, 0.29) is 36.9 Å². The zero-order valence-electron chi connectivity index (χ0n) is 13.1. The summed E-state index contributed by atoms with van der Waals surface area (Å²) in [6.45, 7) is 2.66. The van der Waals surface area contributed by atoms with Crippen LogP contribution in [0.3, 0.4) is 0 Å². The average Bonchev–Trinajstić information content (AvgIpc) is 2.96. The van der Waals surface area contributed by atoms with Gasteiger partial charge in [0.1, 0.15) is 11.9 Å². The van der Waals surface area contributed by atoms with E-state index in [1.807, 2.05) is 30.3 Å². The summed E-state index contributed by atoms with van der Waals surface area (Å²) in [6.07, 6.45) is 2.47. The molecule has 2 saturated heterocycles. The molecule has 6 heteroatoms. The van der Waals surface area contributed by atoms with Crippen LogP contribution >= 0.6 is 0 Å². The number of ether oxygens (including phenoxy) is 2. The van der Waals surface area contributed by atoms with Gasteiger partial charge < -0.3 is 14.3 Å². The molecule has 0 unspecified atom stereocenters. The van der Waals surface area contributed by atoms with Gasteiger partial charge in [0, 0.05) is 45.0 Å². The van der Waals surface area contributed by atoms with Crippen LogP contribution in [0.5, 0.6) is 5.75 Å². The van der Waals surface area contributed by atoms with Crippen molar-refractivity contribution in [3.8, 4) is 5.75 Å². The Hall–Kier alpha value is -0.993. The Labute approximate surface area is 143 Å². The number of benzene rings is 1. The Kier molecular flexibility index (Phi) is 6.78. The number of rotatable bonds is 4. The van der Waals surface area contributed by atoms with Gasteiger partial charge >= 0.3 is 5.97 Å². The van der Waals surface area contributed by atoms with Gasteiger partial charge in [0.15, 0.2) is 0 Å². The van der Waals surface area contributed by atoms with Crippen molar-refractivity contribution >= 4 is 24.8 Å². The molecule has 0 amide bonds. The second-order valence-corrected chi connectivity index (χ2v) is 5.53. The molecule has 2 fully saturated rings. The molecule has 2 aliphatic rings. The van der Waals surface area contributed by atoms with E-state index < -0.39 is 0 Å². The Morgan fingerprint density at radius 1 is 1.14 bits per heavy atom. The molecule has 0 bridgehead atoms. The summed E-state index contributed by atoms with van der Waals surface area (Å²) in [6, 6.07) is 9.75. The molecule has 1 aromatic rings. The van der Waals surface area contributed by atoms with Gasteiger partial charge in [-0.1, -0.05) is 18.2 Å². The number of nitrogens with zero attached hydrogens (tertiary/aromatic N) is 1. The summed E-state index contributed by atoms with van der Waals surface area (Å²) < 4.78 is 11.1. The summed E-state index contributed by atoms with van der Waals surface area (Å²) in [5.74, 6) is 0.714. The molecule has 0 aromatic heterocycles. The molecule has 1 radical (unpaired) electrons. The predicted molar refractivity (Wildman–Crippen MR) is 82.4 cm³/mol. The Bertz CT molecular complexity index is 464. The van der Waals surface area contributed by atoms with Crippen molar-refractivity contribution in [2.45, 2.75) is 25.4 Å². The third-order valence-electron chi connectivity index (χ3n) is 3.93. The van der Waals surface area contributed by atoms with E-state index in [1.165, 1.54) is 0 Å². The first-order chi connectivity index (χ1) is 10.3. The summed E-state index contributed by atoms with van der Waals surface area (Å²) >= 11 is 0. The molecule has 0 N–H and O–H groups in total. The summed E-state index contributed by atoms with van der Waals surface area (Å²) in [7, 11) is 0. The standard InChI is InChI=1S/C16H21NO4.Li/c18-16(13-7-10-19-11-8-13)21-17-9-6-15(12-17)20-14-4-2-1-3-5-14;/h1-5,13,15H,6-12H2;/t15-;/m1./s1. The minimum Gasteiger partial charge on any atom is -0.489 e. The third-order valence-corrected chi connectivity index (χ3v) is 3.93. The fourth-order valence-electron chi connectivity index (χ4n) is 2.70. The smallest absolute Gasteiger partial charge is 0.328 e. The first-order valence-corrected chi connectivity index (χ1v) is 7.57. The third kappa shape index (κ3) is 4.75.